The zero-order valence-electron chi connectivity index (χ0n) is 31.4. The Hall–Kier alpha value is -2.90. The number of carboxylic acid groups (broad SMARTS) is 1. The van der Waals surface area contributed by atoms with E-state index in [0.717, 1.165) is 74.1 Å². The number of hydrogen-bond acceptors (Lipinski definition) is 7. The summed E-state index contributed by atoms with van der Waals surface area (Å²) in [6.45, 7) is 15.3. The van der Waals surface area contributed by atoms with E-state index in [1.165, 1.54) is 30.6 Å². The SMILES string of the molecule is C=CCCCCC[C@H](NCSCC)C(=O)N(C)C(C)CCC.CC.O=C(O)N1Cc2ccccc2C1.O=CNC1CC1.O=CNS(=O)C1CC1. The molecule has 3 aliphatic rings. The Morgan fingerprint density at radius 1 is 1.04 bits per heavy atom. The van der Waals surface area contributed by atoms with Crippen molar-refractivity contribution in [3.8, 4) is 0 Å². The van der Waals surface area contributed by atoms with E-state index in [0.29, 0.717) is 31.6 Å². The average molecular weight is 740 g/mol. The second-order valence-electron chi connectivity index (χ2n) is 12.1. The van der Waals surface area contributed by atoms with Crippen molar-refractivity contribution < 1.29 is 28.5 Å². The minimum atomic E-state index is -1.08. The Bertz CT molecular complexity index is 1090. The number of amides is 4. The van der Waals surface area contributed by atoms with E-state index >= 15 is 0 Å². The Kier molecular flexibility index (Phi) is 28.1. The molecule has 286 valence electrons. The van der Waals surface area contributed by atoms with Crippen molar-refractivity contribution in [1.82, 2.24) is 25.2 Å². The van der Waals surface area contributed by atoms with Crippen LogP contribution in [0, 0.1) is 0 Å². The molecule has 1 aromatic carbocycles. The highest BCUT2D eigenvalue weighted by atomic mass is 32.2. The molecule has 4 rings (SSSR count). The lowest BCUT2D eigenvalue weighted by Crippen LogP contribution is -2.48. The monoisotopic (exact) mass is 739 g/mol. The van der Waals surface area contributed by atoms with E-state index in [1.807, 2.05) is 67.9 Å². The fraction of sp³-hybridized carbons (Fsp3) is 0.676. The van der Waals surface area contributed by atoms with Gasteiger partial charge in [-0.2, -0.15) is 0 Å². The number of nitrogens with zero attached hydrogens (tertiary/aromatic N) is 2. The molecule has 2 unspecified atom stereocenters. The maximum atomic E-state index is 12.7. The van der Waals surface area contributed by atoms with Gasteiger partial charge in [-0.15, -0.1) is 18.3 Å². The molecule has 3 atom stereocenters. The number of allylic oxidation sites excluding steroid dienone is 1. The number of nitrogens with one attached hydrogen (secondary N) is 3. The van der Waals surface area contributed by atoms with E-state index < -0.39 is 17.1 Å². The van der Waals surface area contributed by atoms with Gasteiger partial charge >= 0.3 is 6.09 Å². The van der Waals surface area contributed by atoms with Gasteiger partial charge in [-0.1, -0.05) is 77.3 Å². The highest BCUT2D eigenvalue weighted by Crippen LogP contribution is 2.24. The van der Waals surface area contributed by atoms with Gasteiger partial charge in [0, 0.05) is 38.1 Å². The fourth-order valence-corrected chi connectivity index (χ4v) is 6.08. The van der Waals surface area contributed by atoms with E-state index in [9.17, 15) is 23.4 Å². The van der Waals surface area contributed by atoms with Gasteiger partial charge in [0.2, 0.25) is 18.7 Å². The number of carbonyl (C=O) groups excluding carboxylic acids is 3. The molecule has 2 saturated carbocycles. The van der Waals surface area contributed by atoms with Crippen molar-refractivity contribution in [1.29, 1.82) is 0 Å². The molecule has 4 N–H and O–H groups in total. The Balaban J connectivity index is 0.000000705. The highest BCUT2D eigenvalue weighted by molar-refractivity contribution is 7.99. The number of thioether (sulfide) groups is 1. The van der Waals surface area contributed by atoms with Crippen LogP contribution in [-0.4, -0.2) is 86.0 Å². The molecule has 2 fully saturated rings. The highest BCUT2D eigenvalue weighted by Gasteiger charge is 2.28. The van der Waals surface area contributed by atoms with Crippen molar-refractivity contribution in [2.24, 2.45) is 0 Å². The quantitative estimate of drug-likeness (QED) is 0.0537. The van der Waals surface area contributed by atoms with Crippen LogP contribution in [0.1, 0.15) is 116 Å². The van der Waals surface area contributed by atoms with Gasteiger partial charge in [-0.25, -0.2) is 9.00 Å². The molecule has 0 aromatic heterocycles. The number of fused-ring (bicyclic) bond motifs is 1. The van der Waals surface area contributed by atoms with Crippen LogP contribution in [0.25, 0.3) is 0 Å². The standard InChI is InChI=1S/C18H36N2OS.C9H9NO2.C4H7NO2S.C4H7NO.C2H6/c1-6-9-10-11-12-14-17(19-15-22-8-3)18(21)20(5)16(4)13-7-2;11-9(12)10-5-7-3-1-2-4-8(7)6-10;6-3-5-8(7)4-1-2-4;6-3-5-4-1-2-4;1-2/h6,16-17,19H,1,7-15H2,2-5H3;1-4H,5-6H2,(H,11,12);3-4H,1-2H2,(H,5,6);3-4H,1-2H2,(H,5,6);1-2H3/t16?,17-;;;;/m0..../s1. The molecule has 4 amide bonds. The van der Waals surface area contributed by atoms with Gasteiger partial charge in [0.25, 0.3) is 0 Å². The van der Waals surface area contributed by atoms with E-state index in [2.05, 4.69) is 42.7 Å². The zero-order valence-corrected chi connectivity index (χ0v) is 33.0. The van der Waals surface area contributed by atoms with Crippen LogP contribution < -0.4 is 15.4 Å². The van der Waals surface area contributed by atoms with Gasteiger partial charge < -0.3 is 15.3 Å². The summed E-state index contributed by atoms with van der Waals surface area (Å²) in [5.41, 5.74) is 2.25. The lowest BCUT2D eigenvalue weighted by atomic mass is 10.0. The van der Waals surface area contributed by atoms with Crippen LogP contribution in [0.2, 0.25) is 0 Å². The van der Waals surface area contributed by atoms with Crippen molar-refractivity contribution in [2.45, 2.75) is 142 Å². The van der Waals surface area contributed by atoms with Crippen molar-refractivity contribution in [3.63, 3.8) is 0 Å². The van der Waals surface area contributed by atoms with Crippen LogP contribution >= 0.6 is 11.8 Å². The third-order valence-corrected chi connectivity index (χ3v) is 10.2. The molecule has 0 radical (unpaired) electrons. The number of unbranched alkanes of at least 4 members (excludes halogenated alkanes) is 3. The molecule has 1 heterocycles. The summed E-state index contributed by atoms with van der Waals surface area (Å²) in [7, 11) is 0.868. The van der Waals surface area contributed by atoms with Crippen LogP contribution in [0.15, 0.2) is 36.9 Å². The molecule has 0 spiro atoms. The molecule has 0 saturated heterocycles. The molecule has 50 heavy (non-hydrogen) atoms. The normalized spacial score (nSPS) is 15.5. The molecule has 2 aliphatic carbocycles. The third kappa shape index (κ3) is 22.0. The zero-order chi connectivity index (χ0) is 37.7. The topological polar surface area (TPSA) is 148 Å². The van der Waals surface area contributed by atoms with Crippen LogP contribution in [0.4, 0.5) is 4.79 Å². The Labute approximate surface area is 308 Å². The van der Waals surface area contributed by atoms with Crippen LogP contribution in [-0.2, 0) is 38.5 Å². The van der Waals surface area contributed by atoms with Crippen LogP contribution in [0.3, 0.4) is 0 Å². The molecule has 13 heteroatoms. The summed E-state index contributed by atoms with van der Waals surface area (Å²) >= 11 is 1.84. The molecule has 1 aliphatic heterocycles. The Morgan fingerprint density at radius 2 is 1.66 bits per heavy atom. The second kappa shape index (κ2) is 29.8. The first-order valence-electron chi connectivity index (χ1n) is 18.2. The average Bonchev–Trinajstić information content (AvgIpc) is 4.07. The Morgan fingerprint density at radius 3 is 2.10 bits per heavy atom. The minimum absolute atomic E-state index is 0.0351. The predicted molar refractivity (Wildman–Crippen MR) is 208 cm³/mol. The maximum Gasteiger partial charge on any atom is 0.407 e. The fourth-order valence-electron chi connectivity index (χ4n) is 4.70. The van der Waals surface area contributed by atoms with Crippen molar-refractivity contribution >= 4 is 47.6 Å². The summed E-state index contributed by atoms with van der Waals surface area (Å²) < 4.78 is 12.8. The molecular formula is C37H65N5O6S2. The summed E-state index contributed by atoms with van der Waals surface area (Å²) in [5.74, 6) is 2.19. The van der Waals surface area contributed by atoms with Crippen molar-refractivity contribution in [2.75, 3.05) is 18.7 Å². The van der Waals surface area contributed by atoms with E-state index in [-0.39, 0.29) is 17.2 Å². The first-order chi connectivity index (χ1) is 24.1. The smallest absolute Gasteiger partial charge is 0.407 e. The summed E-state index contributed by atoms with van der Waals surface area (Å²) in [4.78, 5) is 45.8. The second-order valence-corrected chi connectivity index (χ2v) is 14.9. The number of carbonyl (C=O) groups is 4. The van der Waals surface area contributed by atoms with Gasteiger partial charge in [0.1, 0.15) is 11.0 Å². The van der Waals surface area contributed by atoms with E-state index in [4.69, 9.17) is 5.11 Å². The predicted octanol–water partition coefficient (Wildman–Crippen LogP) is 6.60. The van der Waals surface area contributed by atoms with Gasteiger partial charge in [0.05, 0.1) is 11.3 Å². The summed E-state index contributed by atoms with van der Waals surface area (Å²) in [6, 6.07) is 8.63. The summed E-state index contributed by atoms with van der Waals surface area (Å²) in [6.07, 6.45) is 14.4. The van der Waals surface area contributed by atoms with Gasteiger partial charge in [-0.3, -0.25) is 29.3 Å². The minimum Gasteiger partial charge on any atom is -0.465 e. The first kappa shape index (κ1) is 47.1. The maximum absolute atomic E-state index is 12.7. The van der Waals surface area contributed by atoms with Gasteiger partial charge in [0.15, 0.2) is 0 Å². The number of rotatable bonds is 19. The largest absolute Gasteiger partial charge is 0.465 e. The molecule has 0 bridgehead atoms. The van der Waals surface area contributed by atoms with Crippen LogP contribution in [0.5, 0.6) is 0 Å². The molecular weight excluding hydrogens is 675 g/mol. The summed E-state index contributed by atoms with van der Waals surface area (Å²) in [5, 5.41) is 15.0. The lowest BCUT2D eigenvalue weighted by Gasteiger charge is -2.29. The number of benzene rings is 1. The van der Waals surface area contributed by atoms with Crippen molar-refractivity contribution in [3.05, 3.63) is 48.0 Å². The molecule has 1 aromatic rings. The number of hydrogen-bond donors (Lipinski definition) is 4. The third-order valence-electron chi connectivity index (χ3n) is 8.03. The molecule has 11 nitrogen and oxygen atoms in total. The number of likely N-dealkylation sites (N-methyl/N-ethyl adjacent to an activating group) is 1. The van der Waals surface area contributed by atoms with E-state index in [1.54, 1.807) is 0 Å². The lowest BCUT2D eigenvalue weighted by molar-refractivity contribution is -0.134. The first-order valence-corrected chi connectivity index (χ1v) is 20.5. The van der Waals surface area contributed by atoms with Gasteiger partial charge in [-0.05, 0) is 75.2 Å².